The van der Waals surface area contributed by atoms with Crippen molar-refractivity contribution in [3.05, 3.63) is 16.0 Å². The number of anilines is 1. The molecule has 1 aliphatic rings. The van der Waals surface area contributed by atoms with E-state index in [1.165, 1.54) is 11.3 Å². The number of hydrogen-bond acceptors (Lipinski definition) is 6. The molecule has 1 aromatic heterocycles. The number of nitrogens with one attached hydrogen (secondary N) is 1. The zero-order valence-corrected chi connectivity index (χ0v) is 15.1. The Morgan fingerprint density at radius 1 is 1.17 bits per heavy atom. The average molecular weight is 353 g/mol. The van der Waals surface area contributed by atoms with Crippen LogP contribution in [0, 0.1) is 5.92 Å². The van der Waals surface area contributed by atoms with Gasteiger partial charge in [0.15, 0.2) is 0 Å². The molecule has 0 aromatic carbocycles. The zero-order chi connectivity index (χ0) is 17.7. The molecule has 1 heterocycles. The number of esters is 2. The first-order chi connectivity index (χ1) is 11.5. The second kappa shape index (κ2) is 8.28. The minimum atomic E-state index is -0.954. The van der Waals surface area contributed by atoms with Crippen molar-refractivity contribution in [2.75, 3.05) is 18.5 Å². The largest absolute Gasteiger partial charge is 0.462 e. The molecular weight excluding hydrogens is 330 g/mol. The predicted octanol–water partition coefficient (Wildman–Crippen LogP) is 2.94. The summed E-state index contributed by atoms with van der Waals surface area (Å²) in [6.07, 6.45) is 3.76. The van der Waals surface area contributed by atoms with E-state index in [2.05, 4.69) is 12.2 Å². The van der Waals surface area contributed by atoms with Crippen LogP contribution in [-0.2, 0) is 31.9 Å². The fraction of sp³-hybridized carbons (Fsp3) is 0.588. The number of amides is 1. The molecular formula is C17H23NO5S. The number of carbonyl (C=O) groups excluding carboxylic acids is 3. The van der Waals surface area contributed by atoms with Crippen molar-refractivity contribution in [3.8, 4) is 0 Å². The molecule has 24 heavy (non-hydrogen) atoms. The Morgan fingerprint density at radius 2 is 1.88 bits per heavy atom. The van der Waals surface area contributed by atoms with Gasteiger partial charge < -0.3 is 14.8 Å². The van der Waals surface area contributed by atoms with E-state index in [1.54, 1.807) is 13.8 Å². The third kappa shape index (κ3) is 3.95. The molecule has 0 saturated heterocycles. The van der Waals surface area contributed by atoms with E-state index >= 15 is 0 Å². The van der Waals surface area contributed by atoms with Crippen molar-refractivity contribution in [3.63, 3.8) is 0 Å². The molecule has 7 heteroatoms. The van der Waals surface area contributed by atoms with Crippen LogP contribution in [0.15, 0.2) is 0 Å². The smallest absolute Gasteiger partial charge is 0.397 e. The highest BCUT2D eigenvalue weighted by atomic mass is 32.1. The Bertz CT molecular complexity index is 637. The van der Waals surface area contributed by atoms with E-state index in [0.29, 0.717) is 16.5 Å². The van der Waals surface area contributed by atoms with Crippen LogP contribution in [0.5, 0.6) is 0 Å². The van der Waals surface area contributed by atoms with Gasteiger partial charge in [0, 0.05) is 4.88 Å². The second-order valence-electron chi connectivity index (χ2n) is 5.62. The van der Waals surface area contributed by atoms with E-state index in [1.807, 2.05) is 0 Å². The Balaban J connectivity index is 2.32. The Kier molecular flexibility index (Phi) is 6.36. The number of fused-ring (bicyclic) bond motifs is 1. The van der Waals surface area contributed by atoms with Crippen molar-refractivity contribution in [2.45, 2.75) is 46.5 Å². The van der Waals surface area contributed by atoms with Crippen molar-refractivity contribution in [2.24, 2.45) is 5.92 Å². The Morgan fingerprint density at radius 3 is 2.50 bits per heavy atom. The second-order valence-corrected chi connectivity index (χ2v) is 6.73. The van der Waals surface area contributed by atoms with Gasteiger partial charge in [-0.2, -0.15) is 0 Å². The van der Waals surface area contributed by atoms with E-state index < -0.39 is 17.8 Å². The first-order valence-electron chi connectivity index (χ1n) is 8.31. The normalized spacial score (nSPS) is 16.2. The van der Waals surface area contributed by atoms with Gasteiger partial charge >= 0.3 is 17.8 Å². The summed E-state index contributed by atoms with van der Waals surface area (Å²) >= 11 is 1.36. The first kappa shape index (κ1) is 18.4. The molecule has 0 bridgehead atoms. The van der Waals surface area contributed by atoms with Gasteiger partial charge in [-0.05, 0) is 44.6 Å². The fourth-order valence-electron chi connectivity index (χ4n) is 2.86. The highest BCUT2D eigenvalue weighted by molar-refractivity contribution is 7.17. The monoisotopic (exact) mass is 353 g/mol. The maximum Gasteiger partial charge on any atom is 0.397 e. The summed E-state index contributed by atoms with van der Waals surface area (Å²) in [7, 11) is 0. The molecule has 6 nitrogen and oxygen atoms in total. The van der Waals surface area contributed by atoms with Crippen LogP contribution in [-0.4, -0.2) is 31.1 Å². The number of rotatable bonds is 5. The summed E-state index contributed by atoms with van der Waals surface area (Å²) in [5, 5.41) is 2.91. The fourth-order valence-corrected chi connectivity index (χ4v) is 4.21. The number of ether oxygens (including phenoxy) is 2. The van der Waals surface area contributed by atoms with Crippen molar-refractivity contribution >= 4 is 34.2 Å². The molecule has 132 valence electrons. The molecule has 2 rings (SSSR count). The van der Waals surface area contributed by atoms with Crippen LogP contribution in [0.1, 0.15) is 54.4 Å². The molecule has 1 atom stereocenters. The van der Waals surface area contributed by atoms with Gasteiger partial charge in [-0.3, -0.25) is 4.79 Å². The third-order valence-corrected chi connectivity index (χ3v) is 5.28. The number of hydrogen-bond donors (Lipinski definition) is 1. The van der Waals surface area contributed by atoms with Crippen molar-refractivity contribution in [1.82, 2.24) is 0 Å². The minimum absolute atomic E-state index is 0.121. The Labute approximate surface area is 145 Å². The van der Waals surface area contributed by atoms with Crippen molar-refractivity contribution in [1.29, 1.82) is 0 Å². The van der Waals surface area contributed by atoms with Gasteiger partial charge in [0.25, 0.3) is 0 Å². The van der Waals surface area contributed by atoms with Gasteiger partial charge in [0.05, 0.1) is 18.8 Å². The standard InChI is InChI=1S/C17H23NO5S/c1-4-10-7-8-11-12(9-10)24-15(13(11)16(20)22-5-2)18-14(19)17(21)23-6-3/h10H,4-9H2,1-3H3,(H,18,19)/t10-/m1/s1. The number of thiophene rings is 1. The molecule has 0 aliphatic heterocycles. The van der Waals surface area contributed by atoms with Crippen LogP contribution in [0.3, 0.4) is 0 Å². The molecule has 1 amide bonds. The molecule has 0 radical (unpaired) electrons. The van der Waals surface area contributed by atoms with Gasteiger partial charge in [0.2, 0.25) is 0 Å². The van der Waals surface area contributed by atoms with Crippen molar-refractivity contribution < 1.29 is 23.9 Å². The van der Waals surface area contributed by atoms with E-state index in [4.69, 9.17) is 9.47 Å². The van der Waals surface area contributed by atoms with Gasteiger partial charge in [-0.25, -0.2) is 9.59 Å². The van der Waals surface area contributed by atoms with E-state index in [0.717, 1.165) is 36.1 Å². The minimum Gasteiger partial charge on any atom is -0.462 e. The summed E-state index contributed by atoms with van der Waals surface area (Å²) < 4.78 is 9.83. The lowest BCUT2D eigenvalue weighted by molar-refractivity contribution is -0.152. The lowest BCUT2D eigenvalue weighted by Crippen LogP contribution is -2.25. The molecule has 0 spiro atoms. The maximum atomic E-state index is 12.3. The van der Waals surface area contributed by atoms with Crippen LogP contribution < -0.4 is 5.32 Å². The van der Waals surface area contributed by atoms with Crippen LogP contribution >= 0.6 is 11.3 Å². The lowest BCUT2D eigenvalue weighted by Gasteiger charge is -2.20. The lowest BCUT2D eigenvalue weighted by atomic mass is 9.85. The summed E-state index contributed by atoms with van der Waals surface area (Å²) in [6, 6.07) is 0. The van der Waals surface area contributed by atoms with Gasteiger partial charge in [0.1, 0.15) is 5.00 Å². The highest BCUT2D eigenvalue weighted by Crippen LogP contribution is 2.40. The molecule has 1 aromatic rings. The first-order valence-corrected chi connectivity index (χ1v) is 9.13. The summed E-state index contributed by atoms with van der Waals surface area (Å²) in [5.41, 5.74) is 1.34. The van der Waals surface area contributed by atoms with E-state index in [-0.39, 0.29) is 13.2 Å². The molecule has 0 unspecified atom stereocenters. The summed E-state index contributed by atoms with van der Waals surface area (Å²) in [5.74, 6) is -1.69. The van der Waals surface area contributed by atoms with Gasteiger partial charge in [-0.15, -0.1) is 11.3 Å². The molecule has 1 N–H and O–H groups in total. The SMILES string of the molecule is CCOC(=O)C(=O)Nc1sc2c(c1C(=O)OCC)CC[C@@H](CC)C2. The maximum absolute atomic E-state index is 12.3. The van der Waals surface area contributed by atoms with Crippen LogP contribution in [0.4, 0.5) is 5.00 Å². The van der Waals surface area contributed by atoms with Crippen LogP contribution in [0.25, 0.3) is 0 Å². The highest BCUT2D eigenvalue weighted by Gasteiger charge is 2.30. The topological polar surface area (TPSA) is 81.7 Å². The molecule has 1 aliphatic carbocycles. The zero-order valence-electron chi connectivity index (χ0n) is 14.3. The van der Waals surface area contributed by atoms with E-state index in [9.17, 15) is 14.4 Å². The predicted molar refractivity (Wildman–Crippen MR) is 91.3 cm³/mol. The number of carbonyl (C=O) groups is 3. The van der Waals surface area contributed by atoms with Gasteiger partial charge in [-0.1, -0.05) is 13.3 Å². The molecule has 0 saturated carbocycles. The van der Waals surface area contributed by atoms with Crippen LogP contribution in [0.2, 0.25) is 0 Å². The average Bonchev–Trinajstić information content (AvgIpc) is 2.91. The summed E-state index contributed by atoms with van der Waals surface area (Å²) in [4.78, 5) is 36.9. The summed E-state index contributed by atoms with van der Waals surface area (Å²) in [6.45, 7) is 5.89. The quantitative estimate of drug-likeness (QED) is 0.650. The third-order valence-electron chi connectivity index (χ3n) is 4.11. The Hall–Kier alpha value is -1.89. The molecule has 0 fully saturated rings.